The van der Waals surface area contributed by atoms with Gasteiger partial charge in [-0.25, -0.2) is 18.1 Å². The van der Waals surface area contributed by atoms with E-state index in [9.17, 15) is 8.42 Å². The molecule has 15 heavy (non-hydrogen) atoms. The molecule has 1 rings (SSSR count). The van der Waals surface area contributed by atoms with Crippen molar-refractivity contribution in [3.05, 3.63) is 24.2 Å². The predicted molar refractivity (Wildman–Crippen MR) is 57.9 cm³/mol. The van der Waals surface area contributed by atoms with Gasteiger partial charge in [0.25, 0.3) is 10.0 Å². The van der Waals surface area contributed by atoms with Gasteiger partial charge in [-0.15, -0.1) is 0 Å². The fourth-order valence-electron chi connectivity index (χ4n) is 1.06. The number of aromatic amines is 1. The Bertz CT molecular complexity index is 434. The normalized spacial score (nSPS) is 12.4. The molecule has 0 saturated carbocycles. The van der Waals surface area contributed by atoms with Gasteiger partial charge in [0.05, 0.1) is 6.20 Å². The standard InChI is InChI=1S/C9H15N3O2S/c1-3-4-5-6-11-15(13,14)9-7-10-8(2)12-9/h3-4,7,11H,5-6H2,1-2H3,(H,10,12)/b4-3+. The maximum atomic E-state index is 11.6. The average molecular weight is 229 g/mol. The zero-order valence-corrected chi connectivity index (χ0v) is 9.63. The second-order valence-electron chi connectivity index (χ2n) is 3.09. The highest BCUT2D eigenvalue weighted by Gasteiger charge is 2.14. The van der Waals surface area contributed by atoms with Crippen LogP contribution in [0.15, 0.2) is 23.4 Å². The van der Waals surface area contributed by atoms with E-state index in [1.165, 1.54) is 6.20 Å². The van der Waals surface area contributed by atoms with E-state index < -0.39 is 10.0 Å². The highest BCUT2D eigenvalue weighted by molar-refractivity contribution is 7.89. The molecule has 0 aliphatic carbocycles. The summed E-state index contributed by atoms with van der Waals surface area (Å²) in [7, 11) is -3.42. The quantitative estimate of drug-likeness (QED) is 0.583. The maximum absolute atomic E-state index is 11.6. The minimum Gasteiger partial charge on any atom is -0.332 e. The van der Waals surface area contributed by atoms with Crippen molar-refractivity contribution in [1.29, 1.82) is 0 Å². The molecule has 84 valence electrons. The third kappa shape index (κ3) is 3.49. The number of H-pyrrole nitrogens is 1. The minimum absolute atomic E-state index is 0.112. The van der Waals surface area contributed by atoms with Gasteiger partial charge in [-0.3, -0.25) is 0 Å². The molecule has 0 amide bonds. The number of aromatic nitrogens is 2. The summed E-state index contributed by atoms with van der Waals surface area (Å²) in [5.74, 6) is 0.587. The zero-order chi connectivity index (χ0) is 11.3. The molecule has 6 heteroatoms. The van der Waals surface area contributed by atoms with Gasteiger partial charge < -0.3 is 4.98 Å². The first kappa shape index (κ1) is 11.9. The van der Waals surface area contributed by atoms with Gasteiger partial charge in [-0.05, 0) is 20.3 Å². The van der Waals surface area contributed by atoms with Crippen molar-refractivity contribution >= 4 is 10.0 Å². The topological polar surface area (TPSA) is 74.8 Å². The first-order valence-corrected chi connectivity index (χ1v) is 6.17. The van der Waals surface area contributed by atoms with E-state index in [0.29, 0.717) is 18.8 Å². The molecule has 0 unspecified atom stereocenters. The van der Waals surface area contributed by atoms with Crippen LogP contribution in [0.3, 0.4) is 0 Å². The van der Waals surface area contributed by atoms with Crippen molar-refractivity contribution in [3.8, 4) is 0 Å². The van der Waals surface area contributed by atoms with Crippen LogP contribution in [0.25, 0.3) is 0 Å². The third-order valence-electron chi connectivity index (χ3n) is 1.81. The molecule has 2 N–H and O–H groups in total. The molecule has 0 fully saturated rings. The van der Waals surface area contributed by atoms with Crippen LogP contribution in [0.2, 0.25) is 0 Å². The summed E-state index contributed by atoms with van der Waals surface area (Å²) < 4.78 is 25.7. The highest BCUT2D eigenvalue weighted by Crippen LogP contribution is 2.04. The van der Waals surface area contributed by atoms with Crippen molar-refractivity contribution < 1.29 is 8.42 Å². The molecule has 1 aromatic heterocycles. The molecule has 0 aliphatic heterocycles. The van der Waals surface area contributed by atoms with Gasteiger partial charge in [0.2, 0.25) is 0 Å². The van der Waals surface area contributed by atoms with Gasteiger partial charge in [-0.2, -0.15) is 0 Å². The van der Waals surface area contributed by atoms with Crippen LogP contribution >= 0.6 is 0 Å². The second kappa shape index (κ2) is 5.09. The van der Waals surface area contributed by atoms with Crippen LogP contribution in [0.5, 0.6) is 0 Å². The van der Waals surface area contributed by atoms with Crippen molar-refractivity contribution in [3.63, 3.8) is 0 Å². The number of hydrogen-bond acceptors (Lipinski definition) is 3. The minimum atomic E-state index is -3.42. The zero-order valence-electron chi connectivity index (χ0n) is 8.82. The summed E-state index contributed by atoms with van der Waals surface area (Å²) in [6, 6.07) is 0. The average Bonchev–Trinajstić information content (AvgIpc) is 2.60. The summed E-state index contributed by atoms with van der Waals surface area (Å²) in [6.45, 7) is 4.00. The second-order valence-corrected chi connectivity index (χ2v) is 4.82. The Balaban J connectivity index is 2.60. The van der Waals surface area contributed by atoms with E-state index in [-0.39, 0.29) is 5.03 Å². The van der Waals surface area contributed by atoms with Gasteiger partial charge >= 0.3 is 0 Å². The Labute approximate surface area is 89.7 Å². The number of allylic oxidation sites excluding steroid dienone is 1. The Hall–Kier alpha value is -1.14. The Morgan fingerprint density at radius 2 is 2.33 bits per heavy atom. The van der Waals surface area contributed by atoms with E-state index >= 15 is 0 Å². The summed E-state index contributed by atoms with van der Waals surface area (Å²) in [6.07, 6.45) is 5.78. The Morgan fingerprint density at radius 1 is 1.60 bits per heavy atom. The smallest absolute Gasteiger partial charge is 0.257 e. The van der Waals surface area contributed by atoms with Crippen LogP contribution in [0.1, 0.15) is 19.2 Å². The monoisotopic (exact) mass is 229 g/mol. The first-order valence-electron chi connectivity index (χ1n) is 4.68. The molecular formula is C9H15N3O2S. The summed E-state index contributed by atoms with van der Waals surface area (Å²) in [5, 5.41) is 0.112. The van der Waals surface area contributed by atoms with Gasteiger partial charge in [0.1, 0.15) is 5.82 Å². The first-order chi connectivity index (χ1) is 7.06. The molecular weight excluding hydrogens is 214 g/mol. The fraction of sp³-hybridized carbons (Fsp3) is 0.444. The fourth-order valence-corrected chi connectivity index (χ4v) is 2.07. The van der Waals surface area contributed by atoms with Gasteiger partial charge in [0, 0.05) is 6.54 Å². The SMILES string of the molecule is C/C=C/CCNS(=O)(=O)c1cnc(C)[nH]1. The van der Waals surface area contributed by atoms with Gasteiger partial charge in [-0.1, -0.05) is 12.2 Å². The molecule has 0 atom stereocenters. The Kier molecular flexibility index (Phi) is 4.05. The molecule has 5 nitrogen and oxygen atoms in total. The van der Waals surface area contributed by atoms with Crippen molar-refractivity contribution in [2.24, 2.45) is 0 Å². The van der Waals surface area contributed by atoms with E-state index in [2.05, 4.69) is 14.7 Å². The molecule has 0 aromatic carbocycles. The lowest BCUT2D eigenvalue weighted by Crippen LogP contribution is -2.24. The molecule has 1 aromatic rings. The number of aryl methyl sites for hydroxylation is 1. The van der Waals surface area contributed by atoms with E-state index in [1.54, 1.807) is 6.92 Å². The molecule has 0 saturated heterocycles. The van der Waals surface area contributed by atoms with Crippen LogP contribution in [-0.4, -0.2) is 24.9 Å². The third-order valence-corrected chi connectivity index (χ3v) is 3.18. The largest absolute Gasteiger partial charge is 0.332 e. The van der Waals surface area contributed by atoms with Crippen molar-refractivity contribution in [2.45, 2.75) is 25.3 Å². The molecule has 0 radical (unpaired) electrons. The summed E-state index contributed by atoms with van der Waals surface area (Å²) in [5.41, 5.74) is 0. The number of nitrogens with one attached hydrogen (secondary N) is 2. The molecule has 0 bridgehead atoms. The van der Waals surface area contributed by atoms with E-state index in [1.807, 2.05) is 19.1 Å². The number of hydrogen-bond donors (Lipinski definition) is 2. The molecule has 0 spiro atoms. The Morgan fingerprint density at radius 3 is 2.87 bits per heavy atom. The molecule has 1 heterocycles. The van der Waals surface area contributed by atoms with Crippen LogP contribution in [0, 0.1) is 6.92 Å². The van der Waals surface area contributed by atoms with Crippen molar-refractivity contribution in [2.75, 3.05) is 6.54 Å². The predicted octanol–water partition coefficient (Wildman–Crippen LogP) is 0.963. The number of rotatable bonds is 5. The van der Waals surface area contributed by atoms with Crippen molar-refractivity contribution in [1.82, 2.24) is 14.7 Å². The number of imidazole rings is 1. The van der Waals surface area contributed by atoms with Crippen LogP contribution in [-0.2, 0) is 10.0 Å². The lowest BCUT2D eigenvalue weighted by molar-refractivity contribution is 0.578. The molecule has 0 aliphatic rings. The van der Waals surface area contributed by atoms with Crippen LogP contribution in [0.4, 0.5) is 0 Å². The van der Waals surface area contributed by atoms with E-state index in [4.69, 9.17) is 0 Å². The number of sulfonamides is 1. The summed E-state index contributed by atoms with van der Waals surface area (Å²) in [4.78, 5) is 6.52. The summed E-state index contributed by atoms with van der Waals surface area (Å²) >= 11 is 0. The van der Waals surface area contributed by atoms with Gasteiger partial charge in [0.15, 0.2) is 5.03 Å². The number of nitrogens with zero attached hydrogens (tertiary/aromatic N) is 1. The van der Waals surface area contributed by atoms with E-state index in [0.717, 1.165) is 0 Å². The maximum Gasteiger partial charge on any atom is 0.257 e. The lowest BCUT2D eigenvalue weighted by atomic mass is 10.4. The van der Waals surface area contributed by atoms with Crippen LogP contribution < -0.4 is 4.72 Å². The lowest BCUT2D eigenvalue weighted by Gasteiger charge is -2.01. The highest BCUT2D eigenvalue weighted by atomic mass is 32.2.